The topological polar surface area (TPSA) is 159 Å². The lowest BCUT2D eigenvalue weighted by molar-refractivity contribution is -0.112. The summed E-state index contributed by atoms with van der Waals surface area (Å²) in [6.45, 7) is 7.37. The molecule has 2 aliphatic heterocycles. The second-order valence-corrected chi connectivity index (χ2v) is 10.7. The predicted molar refractivity (Wildman–Crippen MR) is 149 cm³/mol. The molecule has 3 rings (SSSR count). The maximum absolute atomic E-state index is 13.2. The number of hydrogen-bond acceptors (Lipinski definition) is 9. The smallest absolute Gasteiger partial charge is 0.405 e. The van der Waals surface area contributed by atoms with Gasteiger partial charge in [0.05, 0.1) is 25.0 Å². The van der Waals surface area contributed by atoms with Gasteiger partial charge in [0, 0.05) is 43.8 Å². The van der Waals surface area contributed by atoms with Crippen LogP contribution in [0, 0.1) is 11.8 Å². The SMILES string of the molecule is COc1c(O)cc2c3c1C[C@@H](C)C[C@H](OC)[C@H](O3)[C@@H](C)/C=C(\C)[C@H](OC(N)=O)[C@@H](OC)C[C@@H](O)/C=C(\C)C(=O)N2. The average molecular weight is 563 g/mol. The van der Waals surface area contributed by atoms with Crippen LogP contribution in [-0.2, 0) is 25.4 Å². The third-order valence-corrected chi connectivity index (χ3v) is 7.52. The summed E-state index contributed by atoms with van der Waals surface area (Å²) >= 11 is 0. The number of rotatable bonds is 4. The molecule has 0 spiro atoms. The fourth-order valence-corrected chi connectivity index (χ4v) is 5.61. The Kier molecular flexibility index (Phi) is 10.5. The van der Waals surface area contributed by atoms with Gasteiger partial charge in [-0.2, -0.15) is 0 Å². The first-order valence-electron chi connectivity index (χ1n) is 13.4. The molecule has 0 saturated heterocycles. The van der Waals surface area contributed by atoms with Crippen LogP contribution in [0.5, 0.6) is 17.2 Å². The highest BCUT2D eigenvalue weighted by Gasteiger charge is 2.37. The van der Waals surface area contributed by atoms with Gasteiger partial charge in [-0.15, -0.1) is 0 Å². The zero-order valence-electron chi connectivity index (χ0n) is 24.2. The van der Waals surface area contributed by atoms with Crippen molar-refractivity contribution < 1.29 is 43.5 Å². The quantitative estimate of drug-likeness (QED) is 0.403. The van der Waals surface area contributed by atoms with Crippen molar-refractivity contribution in [1.29, 1.82) is 0 Å². The van der Waals surface area contributed by atoms with Crippen LogP contribution in [-0.4, -0.2) is 74.1 Å². The second-order valence-electron chi connectivity index (χ2n) is 10.7. The molecule has 5 N–H and O–H groups in total. The van der Waals surface area contributed by atoms with Crippen molar-refractivity contribution in [3.05, 3.63) is 34.9 Å². The minimum absolute atomic E-state index is 0.0233. The fraction of sp³-hybridized carbons (Fsp3) is 0.586. The van der Waals surface area contributed by atoms with Crippen molar-refractivity contribution in [2.75, 3.05) is 26.6 Å². The van der Waals surface area contributed by atoms with Crippen LogP contribution >= 0.6 is 0 Å². The summed E-state index contributed by atoms with van der Waals surface area (Å²) in [6, 6.07) is 1.39. The number of anilines is 1. The molecular weight excluding hydrogens is 520 g/mol. The van der Waals surface area contributed by atoms with Gasteiger partial charge in [0.15, 0.2) is 23.4 Å². The summed E-state index contributed by atoms with van der Waals surface area (Å²) < 4.78 is 29.2. The number of hydrogen-bond donors (Lipinski definition) is 4. The first kappa shape index (κ1) is 31.3. The number of phenols is 1. The van der Waals surface area contributed by atoms with Crippen LogP contribution in [0.15, 0.2) is 29.4 Å². The zero-order valence-corrected chi connectivity index (χ0v) is 24.2. The van der Waals surface area contributed by atoms with Crippen LogP contribution in [0.2, 0.25) is 0 Å². The van der Waals surface area contributed by atoms with Crippen molar-refractivity contribution in [2.45, 2.75) is 77.5 Å². The number of carbonyl (C=O) groups is 2. The average Bonchev–Trinajstić information content (AvgIpc) is 2.87. The minimum Gasteiger partial charge on any atom is -0.504 e. The van der Waals surface area contributed by atoms with Gasteiger partial charge < -0.3 is 44.9 Å². The van der Waals surface area contributed by atoms with Gasteiger partial charge in [-0.3, -0.25) is 4.79 Å². The molecule has 0 radical (unpaired) electrons. The monoisotopic (exact) mass is 562 g/mol. The highest BCUT2D eigenvalue weighted by molar-refractivity contribution is 6.04. The Hall–Kier alpha value is -3.28. The van der Waals surface area contributed by atoms with Crippen LogP contribution in [0.1, 0.15) is 46.1 Å². The van der Waals surface area contributed by atoms with Gasteiger partial charge in [0.2, 0.25) is 0 Å². The number of aromatic hydroxyl groups is 1. The number of aliphatic hydroxyl groups excluding tert-OH is 1. The molecule has 11 nitrogen and oxygen atoms in total. The van der Waals surface area contributed by atoms with Crippen molar-refractivity contribution in [3.8, 4) is 17.2 Å². The number of fused-ring (bicyclic) bond motifs is 1. The molecule has 0 aliphatic carbocycles. The molecule has 2 bridgehead atoms. The van der Waals surface area contributed by atoms with E-state index in [0.717, 1.165) is 0 Å². The van der Waals surface area contributed by atoms with Gasteiger partial charge in [-0.05, 0) is 44.3 Å². The van der Waals surface area contributed by atoms with Gasteiger partial charge in [0.1, 0.15) is 12.2 Å². The van der Waals surface area contributed by atoms with Gasteiger partial charge >= 0.3 is 6.09 Å². The molecule has 0 unspecified atom stereocenters. The van der Waals surface area contributed by atoms with E-state index in [9.17, 15) is 19.8 Å². The molecule has 2 heterocycles. The van der Waals surface area contributed by atoms with Gasteiger partial charge in [-0.1, -0.05) is 19.9 Å². The normalized spacial score (nSPS) is 32.3. The molecule has 0 saturated carbocycles. The van der Waals surface area contributed by atoms with E-state index >= 15 is 0 Å². The number of nitrogens with one attached hydrogen (secondary N) is 1. The molecule has 0 aromatic heterocycles. The highest BCUT2D eigenvalue weighted by Crippen LogP contribution is 2.47. The van der Waals surface area contributed by atoms with Gasteiger partial charge in [-0.25, -0.2) is 4.79 Å². The van der Waals surface area contributed by atoms with Crippen LogP contribution < -0.4 is 20.5 Å². The van der Waals surface area contributed by atoms with E-state index in [-0.39, 0.29) is 47.1 Å². The number of aliphatic hydroxyl groups is 1. The number of carbonyl (C=O) groups excluding carboxylic acids is 2. The molecule has 2 amide bonds. The largest absolute Gasteiger partial charge is 0.504 e. The summed E-state index contributed by atoms with van der Waals surface area (Å²) in [5, 5.41) is 24.4. The van der Waals surface area contributed by atoms with Crippen LogP contribution in [0.25, 0.3) is 0 Å². The van der Waals surface area contributed by atoms with E-state index in [1.807, 2.05) is 13.0 Å². The lowest BCUT2D eigenvalue weighted by Gasteiger charge is -2.36. The molecule has 222 valence electrons. The Labute approximate surface area is 235 Å². The summed E-state index contributed by atoms with van der Waals surface area (Å²) in [7, 11) is 4.54. The molecule has 7 atom stereocenters. The summed E-state index contributed by atoms with van der Waals surface area (Å²) in [6.07, 6.45) is -0.156. The van der Waals surface area contributed by atoms with E-state index < -0.39 is 36.4 Å². The highest BCUT2D eigenvalue weighted by atomic mass is 16.6. The maximum Gasteiger partial charge on any atom is 0.405 e. The summed E-state index contributed by atoms with van der Waals surface area (Å²) in [5.74, 6) is -0.187. The van der Waals surface area contributed by atoms with Crippen molar-refractivity contribution >= 4 is 17.7 Å². The van der Waals surface area contributed by atoms with E-state index in [2.05, 4.69) is 12.2 Å². The van der Waals surface area contributed by atoms with Crippen molar-refractivity contribution in [1.82, 2.24) is 0 Å². The number of amides is 2. The summed E-state index contributed by atoms with van der Waals surface area (Å²) in [4.78, 5) is 25.1. The number of ether oxygens (including phenoxy) is 5. The molecule has 1 aromatic rings. The van der Waals surface area contributed by atoms with E-state index in [0.29, 0.717) is 29.7 Å². The fourth-order valence-electron chi connectivity index (χ4n) is 5.61. The number of nitrogens with two attached hydrogens (primary N) is 1. The van der Waals surface area contributed by atoms with Crippen molar-refractivity contribution in [2.24, 2.45) is 17.6 Å². The lowest BCUT2D eigenvalue weighted by atomic mass is 9.86. The molecule has 2 aliphatic rings. The second kappa shape index (κ2) is 13.4. The molecule has 1 aromatic carbocycles. The number of primary amides is 1. The molecule has 40 heavy (non-hydrogen) atoms. The maximum atomic E-state index is 13.2. The number of methoxy groups -OCH3 is 3. The third kappa shape index (κ3) is 7.07. The van der Waals surface area contributed by atoms with Crippen molar-refractivity contribution in [3.63, 3.8) is 0 Å². The van der Waals surface area contributed by atoms with Crippen LogP contribution in [0.3, 0.4) is 0 Å². The van der Waals surface area contributed by atoms with E-state index in [4.69, 9.17) is 29.4 Å². The Morgan fingerprint density at radius 1 is 1.10 bits per heavy atom. The molecular formula is C29H42N2O9. The van der Waals surface area contributed by atoms with Gasteiger partial charge in [0.25, 0.3) is 5.91 Å². The van der Waals surface area contributed by atoms with E-state index in [1.165, 1.54) is 26.4 Å². The first-order chi connectivity index (χ1) is 18.9. The third-order valence-electron chi connectivity index (χ3n) is 7.52. The Bertz CT molecular complexity index is 1150. The van der Waals surface area contributed by atoms with Crippen LogP contribution in [0.4, 0.5) is 10.5 Å². The standard InChI is InChI=1S/C29H42N2O9/c1-14-8-19-26-20(13-21(33)27(19)38-7)31-28(34)17(4)11-18(32)12-23(37-6)25(40-29(30)35)16(3)10-15(2)24(39-26)22(9-14)36-5/h10-11,13-15,18,22-25,32-33H,8-9,12H2,1-7H3,(H2,30,35)(H,31,34)/b16-10+,17-11+/t14-,15+,18+,22+,23+,24-,25+/m1/s1. The Morgan fingerprint density at radius 3 is 2.38 bits per heavy atom. The number of benzene rings is 1. The Balaban J connectivity index is 2.28. The molecule has 0 fully saturated rings. The summed E-state index contributed by atoms with van der Waals surface area (Å²) in [5.41, 5.74) is 7.15. The molecule has 11 heteroatoms. The Morgan fingerprint density at radius 2 is 1.77 bits per heavy atom. The minimum atomic E-state index is -1.10. The van der Waals surface area contributed by atoms with E-state index in [1.54, 1.807) is 21.0 Å². The zero-order chi connectivity index (χ0) is 29.7. The first-order valence-corrected chi connectivity index (χ1v) is 13.4. The lowest BCUT2D eigenvalue weighted by Crippen LogP contribution is -2.42. The predicted octanol–water partition coefficient (Wildman–Crippen LogP) is 3.46. The number of phenolic OH excluding ortho intramolecular Hbond substituents is 1.